The maximum Gasteiger partial charge on any atom is 0.165 e. The van der Waals surface area contributed by atoms with Crippen LogP contribution in [-0.2, 0) is 6.54 Å². The lowest BCUT2D eigenvalue weighted by atomic mass is 10.0. The van der Waals surface area contributed by atoms with Crippen LogP contribution in [0.4, 0.5) is 11.6 Å². The SMILES string of the molecule is CCn1cnc2c(N3CC4CN(c5ccc(C#N)cn5)CC4C3)ncnc21. The third-order valence-electron chi connectivity index (χ3n) is 5.71. The van der Waals surface area contributed by atoms with Crippen LogP contribution in [0.3, 0.4) is 0 Å². The van der Waals surface area contributed by atoms with Crippen LogP contribution in [0.15, 0.2) is 31.0 Å². The lowest BCUT2D eigenvalue weighted by Crippen LogP contribution is -2.29. The Kier molecular flexibility index (Phi) is 3.67. The topological polar surface area (TPSA) is 86.8 Å². The third-order valence-corrected chi connectivity index (χ3v) is 5.71. The molecule has 2 aliphatic rings. The second kappa shape index (κ2) is 6.20. The Balaban J connectivity index is 1.34. The summed E-state index contributed by atoms with van der Waals surface area (Å²) >= 11 is 0. The Morgan fingerprint density at radius 1 is 1.04 bits per heavy atom. The lowest BCUT2D eigenvalue weighted by Gasteiger charge is -2.23. The van der Waals surface area contributed by atoms with E-state index < -0.39 is 0 Å². The van der Waals surface area contributed by atoms with E-state index >= 15 is 0 Å². The van der Waals surface area contributed by atoms with E-state index in [4.69, 9.17) is 5.26 Å². The molecule has 136 valence electrons. The normalized spacial score (nSPS) is 21.6. The minimum absolute atomic E-state index is 0.584. The van der Waals surface area contributed by atoms with E-state index in [0.717, 1.165) is 55.5 Å². The van der Waals surface area contributed by atoms with Crippen molar-refractivity contribution in [1.29, 1.82) is 5.26 Å². The molecule has 2 saturated heterocycles. The third kappa shape index (κ3) is 2.58. The average molecular weight is 360 g/mol. The van der Waals surface area contributed by atoms with Crippen molar-refractivity contribution in [3.8, 4) is 6.07 Å². The number of pyridine rings is 1. The molecular formula is C19H20N8. The van der Waals surface area contributed by atoms with Crippen LogP contribution in [0.1, 0.15) is 12.5 Å². The summed E-state index contributed by atoms with van der Waals surface area (Å²) in [5.74, 6) is 3.08. The fourth-order valence-electron chi connectivity index (χ4n) is 4.32. The molecule has 2 unspecified atom stereocenters. The van der Waals surface area contributed by atoms with Gasteiger partial charge in [-0.15, -0.1) is 0 Å². The molecule has 0 aromatic carbocycles. The van der Waals surface area contributed by atoms with Gasteiger partial charge in [0.25, 0.3) is 0 Å². The van der Waals surface area contributed by atoms with Gasteiger partial charge in [-0.05, 0) is 19.1 Å². The highest BCUT2D eigenvalue weighted by molar-refractivity contribution is 5.83. The zero-order valence-electron chi connectivity index (χ0n) is 15.2. The van der Waals surface area contributed by atoms with E-state index in [9.17, 15) is 0 Å². The summed E-state index contributed by atoms with van der Waals surface area (Å²) < 4.78 is 2.05. The molecule has 5 rings (SSSR count). The highest BCUT2D eigenvalue weighted by atomic mass is 15.3. The molecule has 0 radical (unpaired) electrons. The van der Waals surface area contributed by atoms with Crippen LogP contribution in [0.5, 0.6) is 0 Å². The molecule has 2 atom stereocenters. The van der Waals surface area contributed by atoms with Gasteiger partial charge in [-0.25, -0.2) is 19.9 Å². The fourth-order valence-corrected chi connectivity index (χ4v) is 4.32. The zero-order valence-corrected chi connectivity index (χ0v) is 15.2. The van der Waals surface area contributed by atoms with Crippen LogP contribution in [0, 0.1) is 23.2 Å². The molecule has 0 spiro atoms. The van der Waals surface area contributed by atoms with Gasteiger partial charge in [-0.2, -0.15) is 5.26 Å². The molecule has 5 heterocycles. The van der Waals surface area contributed by atoms with E-state index in [-0.39, 0.29) is 0 Å². The average Bonchev–Trinajstić information content (AvgIpc) is 3.40. The predicted molar refractivity (Wildman–Crippen MR) is 101 cm³/mol. The number of rotatable bonds is 3. The van der Waals surface area contributed by atoms with Crippen molar-refractivity contribution in [3.63, 3.8) is 0 Å². The zero-order chi connectivity index (χ0) is 18.4. The van der Waals surface area contributed by atoms with Gasteiger partial charge in [0.1, 0.15) is 18.2 Å². The van der Waals surface area contributed by atoms with E-state index in [0.29, 0.717) is 17.4 Å². The first-order valence-corrected chi connectivity index (χ1v) is 9.28. The molecule has 2 fully saturated rings. The first-order chi connectivity index (χ1) is 13.3. The molecular weight excluding hydrogens is 340 g/mol. The molecule has 27 heavy (non-hydrogen) atoms. The molecule has 0 saturated carbocycles. The van der Waals surface area contributed by atoms with E-state index in [1.807, 2.05) is 18.5 Å². The number of nitriles is 1. The second-order valence-corrected chi connectivity index (χ2v) is 7.25. The number of imidazole rings is 1. The molecule has 8 nitrogen and oxygen atoms in total. The number of nitrogens with zero attached hydrogens (tertiary/aromatic N) is 8. The molecule has 0 N–H and O–H groups in total. The molecule has 0 bridgehead atoms. The molecule has 3 aromatic heterocycles. The molecule has 2 aliphatic heterocycles. The second-order valence-electron chi connectivity index (χ2n) is 7.25. The van der Waals surface area contributed by atoms with Gasteiger partial charge in [0.05, 0.1) is 11.9 Å². The van der Waals surface area contributed by atoms with Crippen molar-refractivity contribution in [2.75, 3.05) is 36.0 Å². The van der Waals surface area contributed by atoms with Crippen LogP contribution in [-0.4, -0.2) is 50.7 Å². The standard InChI is InChI=1S/C19H20N8/c1-2-25-12-24-17-18(25)22-11-23-19(17)27-9-14-7-26(8-15(14)10-27)16-4-3-13(5-20)6-21-16/h3-4,6,11-12,14-15H,2,7-10H2,1H3. The number of aromatic nitrogens is 5. The first-order valence-electron chi connectivity index (χ1n) is 9.28. The van der Waals surface area contributed by atoms with E-state index in [1.54, 1.807) is 12.5 Å². The van der Waals surface area contributed by atoms with Crippen molar-refractivity contribution in [2.45, 2.75) is 13.5 Å². The number of aryl methyl sites for hydroxylation is 1. The highest BCUT2D eigenvalue weighted by Crippen LogP contribution is 2.36. The summed E-state index contributed by atoms with van der Waals surface area (Å²) in [6.45, 7) is 6.86. The predicted octanol–water partition coefficient (Wildman–Crippen LogP) is 1.69. The molecule has 0 amide bonds. The number of anilines is 2. The Labute approximate surface area is 157 Å². The summed E-state index contributed by atoms with van der Waals surface area (Å²) in [6.07, 6.45) is 5.14. The van der Waals surface area contributed by atoms with Gasteiger partial charge in [0.15, 0.2) is 17.0 Å². The minimum Gasteiger partial charge on any atom is -0.356 e. The summed E-state index contributed by atoms with van der Waals surface area (Å²) in [7, 11) is 0. The van der Waals surface area contributed by atoms with Gasteiger partial charge in [-0.3, -0.25) is 0 Å². The van der Waals surface area contributed by atoms with Gasteiger partial charge in [0, 0.05) is 50.8 Å². The Hall–Kier alpha value is -3.21. The summed E-state index contributed by atoms with van der Waals surface area (Å²) in [5.41, 5.74) is 2.40. The molecule has 3 aromatic rings. The van der Waals surface area contributed by atoms with Crippen molar-refractivity contribution < 1.29 is 0 Å². The monoisotopic (exact) mass is 360 g/mol. The van der Waals surface area contributed by atoms with E-state index in [2.05, 4.69) is 47.3 Å². The maximum atomic E-state index is 8.93. The van der Waals surface area contributed by atoms with Crippen molar-refractivity contribution in [2.24, 2.45) is 11.8 Å². The first kappa shape index (κ1) is 16.0. The van der Waals surface area contributed by atoms with Gasteiger partial charge >= 0.3 is 0 Å². The van der Waals surface area contributed by atoms with Crippen molar-refractivity contribution in [1.82, 2.24) is 24.5 Å². The van der Waals surface area contributed by atoms with Gasteiger partial charge in [-0.1, -0.05) is 0 Å². The number of hydrogen-bond donors (Lipinski definition) is 0. The smallest absolute Gasteiger partial charge is 0.165 e. The van der Waals surface area contributed by atoms with Crippen LogP contribution in [0.2, 0.25) is 0 Å². The van der Waals surface area contributed by atoms with E-state index in [1.165, 1.54) is 0 Å². The Bertz CT molecular complexity index is 1000. The molecule has 8 heteroatoms. The number of hydrogen-bond acceptors (Lipinski definition) is 7. The Morgan fingerprint density at radius 2 is 1.81 bits per heavy atom. The lowest BCUT2D eigenvalue weighted by molar-refractivity contribution is 0.533. The number of fused-ring (bicyclic) bond motifs is 2. The largest absolute Gasteiger partial charge is 0.356 e. The van der Waals surface area contributed by atoms with Gasteiger partial charge in [0.2, 0.25) is 0 Å². The quantitative estimate of drug-likeness (QED) is 0.702. The summed E-state index contributed by atoms with van der Waals surface area (Å²) in [4.78, 5) is 22.6. The summed E-state index contributed by atoms with van der Waals surface area (Å²) in [6, 6.07) is 5.91. The summed E-state index contributed by atoms with van der Waals surface area (Å²) in [5, 5.41) is 8.93. The van der Waals surface area contributed by atoms with Crippen LogP contribution >= 0.6 is 0 Å². The maximum absolute atomic E-state index is 8.93. The molecule has 0 aliphatic carbocycles. The van der Waals surface area contributed by atoms with Gasteiger partial charge < -0.3 is 14.4 Å². The van der Waals surface area contributed by atoms with Crippen LogP contribution in [0.25, 0.3) is 11.2 Å². The highest BCUT2D eigenvalue weighted by Gasteiger charge is 2.41. The fraction of sp³-hybridized carbons (Fsp3) is 0.421. The Morgan fingerprint density at radius 3 is 2.48 bits per heavy atom. The van der Waals surface area contributed by atoms with Crippen molar-refractivity contribution >= 4 is 22.8 Å². The van der Waals surface area contributed by atoms with Crippen LogP contribution < -0.4 is 9.80 Å². The minimum atomic E-state index is 0.584. The van der Waals surface area contributed by atoms with Crippen molar-refractivity contribution in [3.05, 3.63) is 36.5 Å².